The Kier molecular flexibility index (Phi) is 3.43. The van der Waals surface area contributed by atoms with E-state index in [0.717, 1.165) is 11.3 Å². The lowest BCUT2D eigenvalue weighted by atomic mass is 10.1. The fraction of sp³-hybridized carbons (Fsp3) is 0.0500. The van der Waals surface area contributed by atoms with Crippen LogP contribution in [0.5, 0.6) is 11.5 Å². The van der Waals surface area contributed by atoms with Gasteiger partial charge in [-0.2, -0.15) is 0 Å². The number of ether oxygens (including phenoxy) is 1. The summed E-state index contributed by atoms with van der Waals surface area (Å²) in [6.07, 6.45) is 0. The number of para-hydroxylation sites is 3. The number of nitrogens with zero attached hydrogens (tertiary/aromatic N) is 1. The van der Waals surface area contributed by atoms with Crippen LogP contribution in [0, 0.1) is 0 Å². The molecule has 118 valence electrons. The number of fused-ring (bicyclic) bond motifs is 2. The third-order valence-electron chi connectivity index (χ3n) is 4.07. The number of hydrogen-bond donors (Lipinski definition) is 1. The molecule has 4 heteroatoms. The van der Waals surface area contributed by atoms with Gasteiger partial charge in [0, 0.05) is 0 Å². The first-order chi connectivity index (χ1) is 11.7. The Morgan fingerprint density at radius 2 is 1.62 bits per heavy atom. The van der Waals surface area contributed by atoms with Gasteiger partial charge in [0.2, 0.25) is 0 Å². The summed E-state index contributed by atoms with van der Waals surface area (Å²) in [5.41, 5.74) is 8.75. The van der Waals surface area contributed by atoms with Crippen LogP contribution in [-0.4, -0.2) is 5.91 Å². The van der Waals surface area contributed by atoms with Gasteiger partial charge in [-0.05, 0) is 29.8 Å². The maximum atomic E-state index is 13.1. The molecule has 0 saturated carbocycles. The molecule has 1 aliphatic heterocycles. The van der Waals surface area contributed by atoms with Crippen molar-refractivity contribution in [2.75, 3.05) is 10.6 Å². The lowest BCUT2D eigenvalue weighted by Crippen LogP contribution is -2.29. The van der Waals surface area contributed by atoms with E-state index in [4.69, 9.17) is 10.5 Å². The predicted molar refractivity (Wildman–Crippen MR) is 94.3 cm³/mol. The normalized spacial score (nSPS) is 12.8. The molecular formula is C20H16N2O2. The molecule has 0 radical (unpaired) electrons. The maximum Gasteiger partial charge on any atom is 0.262 e. The smallest absolute Gasteiger partial charge is 0.262 e. The van der Waals surface area contributed by atoms with E-state index < -0.39 is 0 Å². The fourth-order valence-corrected chi connectivity index (χ4v) is 2.89. The van der Waals surface area contributed by atoms with Crippen LogP contribution in [0.4, 0.5) is 11.4 Å². The Morgan fingerprint density at radius 3 is 2.46 bits per heavy atom. The van der Waals surface area contributed by atoms with Crippen molar-refractivity contribution in [1.82, 2.24) is 0 Å². The van der Waals surface area contributed by atoms with E-state index >= 15 is 0 Å². The van der Waals surface area contributed by atoms with Crippen molar-refractivity contribution in [2.45, 2.75) is 6.54 Å². The van der Waals surface area contributed by atoms with Gasteiger partial charge in [-0.1, -0.05) is 48.5 Å². The number of carbonyl (C=O) groups excluding carboxylic acids is 1. The van der Waals surface area contributed by atoms with Gasteiger partial charge < -0.3 is 15.4 Å². The number of nitrogens with two attached hydrogens (primary N) is 1. The summed E-state index contributed by atoms with van der Waals surface area (Å²) in [4.78, 5) is 14.9. The third-order valence-corrected chi connectivity index (χ3v) is 4.07. The molecule has 0 saturated heterocycles. The minimum absolute atomic E-state index is 0.119. The van der Waals surface area contributed by atoms with E-state index in [2.05, 4.69) is 0 Å². The molecule has 0 aromatic heterocycles. The van der Waals surface area contributed by atoms with Crippen molar-refractivity contribution in [3.63, 3.8) is 0 Å². The molecule has 3 aromatic carbocycles. The monoisotopic (exact) mass is 316 g/mol. The first kappa shape index (κ1) is 14.3. The summed E-state index contributed by atoms with van der Waals surface area (Å²) in [5.74, 6) is 0.926. The molecule has 3 aromatic rings. The molecule has 0 fully saturated rings. The van der Waals surface area contributed by atoms with Gasteiger partial charge in [0.25, 0.3) is 5.91 Å². The highest BCUT2D eigenvalue weighted by atomic mass is 16.5. The zero-order chi connectivity index (χ0) is 16.5. The SMILES string of the molecule is Nc1cccc2c1Oc1ccccc1N(Cc1ccccc1)C2=O. The summed E-state index contributed by atoms with van der Waals surface area (Å²) in [7, 11) is 0. The Balaban J connectivity index is 1.87. The number of rotatable bonds is 2. The molecule has 4 rings (SSSR count). The molecule has 1 heterocycles. The van der Waals surface area contributed by atoms with E-state index in [-0.39, 0.29) is 5.91 Å². The second-order valence-corrected chi connectivity index (χ2v) is 5.67. The summed E-state index contributed by atoms with van der Waals surface area (Å²) in [6, 6.07) is 22.7. The lowest BCUT2D eigenvalue weighted by Gasteiger charge is -2.22. The van der Waals surface area contributed by atoms with E-state index in [1.807, 2.05) is 54.6 Å². The summed E-state index contributed by atoms with van der Waals surface area (Å²) in [6.45, 7) is 0.467. The summed E-state index contributed by atoms with van der Waals surface area (Å²) >= 11 is 0. The van der Waals surface area contributed by atoms with Crippen molar-refractivity contribution in [3.8, 4) is 11.5 Å². The Bertz CT molecular complexity index is 907. The van der Waals surface area contributed by atoms with Gasteiger partial charge >= 0.3 is 0 Å². The topological polar surface area (TPSA) is 55.6 Å². The van der Waals surface area contributed by atoms with Crippen molar-refractivity contribution < 1.29 is 9.53 Å². The quantitative estimate of drug-likeness (QED) is 0.720. The maximum absolute atomic E-state index is 13.1. The zero-order valence-electron chi connectivity index (χ0n) is 13.0. The van der Waals surface area contributed by atoms with Crippen LogP contribution in [0.1, 0.15) is 15.9 Å². The number of anilines is 2. The van der Waals surface area contributed by atoms with Crippen LogP contribution in [0.15, 0.2) is 72.8 Å². The van der Waals surface area contributed by atoms with E-state index in [1.54, 1.807) is 23.1 Å². The summed E-state index contributed by atoms with van der Waals surface area (Å²) in [5, 5.41) is 0. The van der Waals surface area contributed by atoms with Gasteiger partial charge in [-0.3, -0.25) is 4.79 Å². The van der Waals surface area contributed by atoms with Crippen LogP contribution in [0.25, 0.3) is 0 Å². The highest BCUT2D eigenvalue weighted by Gasteiger charge is 2.29. The molecule has 1 aliphatic rings. The van der Waals surface area contributed by atoms with Crippen LogP contribution in [0.3, 0.4) is 0 Å². The molecular weight excluding hydrogens is 300 g/mol. The number of carbonyl (C=O) groups is 1. The van der Waals surface area contributed by atoms with Crippen molar-refractivity contribution in [2.24, 2.45) is 0 Å². The molecule has 24 heavy (non-hydrogen) atoms. The first-order valence-corrected chi connectivity index (χ1v) is 7.75. The number of amides is 1. The average molecular weight is 316 g/mol. The fourth-order valence-electron chi connectivity index (χ4n) is 2.89. The molecule has 0 bridgehead atoms. The minimum Gasteiger partial charge on any atom is -0.452 e. The molecule has 0 unspecified atom stereocenters. The number of benzene rings is 3. The van der Waals surface area contributed by atoms with Crippen LogP contribution >= 0.6 is 0 Å². The number of hydrogen-bond acceptors (Lipinski definition) is 3. The minimum atomic E-state index is -0.119. The first-order valence-electron chi connectivity index (χ1n) is 7.75. The Hall–Kier alpha value is -3.27. The number of nitrogen functional groups attached to an aromatic ring is 1. The Morgan fingerprint density at radius 1 is 0.875 bits per heavy atom. The third kappa shape index (κ3) is 2.38. The molecule has 0 aliphatic carbocycles. The highest BCUT2D eigenvalue weighted by Crippen LogP contribution is 2.41. The standard InChI is InChI=1S/C20H16N2O2/c21-16-10-6-9-15-19(16)24-18-12-5-4-11-17(18)22(20(15)23)13-14-7-2-1-3-8-14/h1-12H,13,21H2. The van der Waals surface area contributed by atoms with Gasteiger partial charge in [0.15, 0.2) is 11.5 Å². The molecule has 0 spiro atoms. The molecule has 1 amide bonds. The van der Waals surface area contributed by atoms with E-state index in [1.165, 1.54) is 0 Å². The Labute approximate surface area is 140 Å². The molecule has 2 N–H and O–H groups in total. The lowest BCUT2D eigenvalue weighted by molar-refractivity contribution is 0.0985. The molecule has 4 nitrogen and oxygen atoms in total. The van der Waals surface area contributed by atoms with Crippen LogP contribution in [-0.2, 0) is 6.54 Å². The van der Waals surface area contributed by atoms with Gasteiger partial charge in [-0.25, -0.2) is 0 Å². The largest absolute Gasteiger partial charge is 0.452 e. The highest BCUT2D eigenvalue weighted by molar-refractivity contribution is 6.10. The van der Waals surface area contributed by atoms with Crippen molar-refractivity contribution in [3.05, 3.63) is 83.9 Å². The van der Waals surface area contributed by atoms with Gasteiger partial charge in [-0.15, -0.1) is 0 Å². The zero-order valence-corrected chi connectivity index (χ0v) is 13.0. The predicted octanol–water partition coefficient (Wildman–Crippen LogP) is 4.22. The van der Waals surface area contributed by atoms with E-state index in [0.29, 0.717) is 29.3 Å². The second kappa shape index (κ2) is 5.74. The van der Waals surface area contributed by atoms with Gasteiger partial charge in [0.05, 0.1) is 23.5 Å². The summed E-state index contributed by atoms with van der Waals surface area (Å²) < 4.78 is 5.98. The van der Waals surface area contributed by atoms with Gasteiger partial charge in [0.1, 0.15) is 0 Å². The van der Waals surface area contributed by atoms with Crippen molar-refractivity contribution >= 4 is 17.3 Å². The molecule has 0 atom stereocenters. The van der Waals surface area contributed by atoms with Crippen molar-refractivity contribution in [1.29, 1.82) is 0 Å². The van der Waals surface area contributed by atoms with Crippen LogP contribution in [0.2, 0.25) is 0 Å². The van der Waals surface area contributed by atoms with Crippen LogP contribution < -0.4 is 15.4 Å². The second-order valence-electron chi connectivity index (χ2n) is 5.67. The average Bonchev–Trinajstić information content (AvgIpc) is 2.73. The van der Waals surface area contributed by atoms with E-state index in [9.17, 15) is 4.79 Å².